The Labute approximate surface area is 113 Å². The molecule has 1 N–H and O–H groups in total. The number of carbonyl (C=O) groups is 1. The van der Waals surface area contributed by atoms with Crippen LogP contribution >= 0.6 is 11.8 Å². The topological polar surface area (TPSA) is 38.3 Å². The number of thioether (sulfide) groups is 1. The molecular formula is C14H21NO2S. The number of benzene rings is 1. The molecule has 18 heavy (non-hydrogen) atoms. The lowest BCUT2D eigenvalue weighted by Gasteiger charge is -2.17. The molecular weight excluding hydrogens is 246 g/mol. The number of hydrogen-bond donors (Lipinski definition) is 1. The van der Waals surface area contributed by atoms with Crippen molar-refractivity contribution in [3.8, 4) is 5.75 Å². The van der Waals surface area contributed by atoms with Gasteiger partial charge in [0.2, 0.25) is 5.91 Å². The third kappa shape index (κ3) is 5.96. The van der Waals surface area contributed by atoms with Crippen LogP contribution in [0.5, 0.6) is 5.75 Å². The number of anilines is 1. The third-order valence-electron chi connectivity index (χ3n) is 2.09. The number of nitrogens with one attached hydrogen (secondary N) is 1. The van der Waals surface area contributed by atoms with Gasteiger partial charge in [0.05, 0.1) is 12.4 Å². The lowest BCUT2D eigenvalue weighted by Crippen LogP contribution is -2.18. The van der Waals surface area contributed by atoms with Gasteiger partial charge in [-0.2, -0.15) is 0 Å². The summed E-state index contributed by atoms with van der Waals surface area (Å²) in [4.78, 5) is 11.7. The van der Waals surface area contributed by atoms with E-state index in [2.05, 4.69) is 26.1 Å². The van der Waals surface area contributed by atoms with E-state index >= 15 is 0 Å². The normalized spacial score (nSPS) is 11.1. The number of rotatable bonds is 5. The Kier molecular flexibility index (Phi) is 5.54. The van der Waals surface area contributed by atoms with Gasteiger partial charge >= 0.3 is 0 Å². The standard InChI is InChI=1S/C14H21NO2S/c1-5-17-12-8-6-11(7-9-12)15-13(16)10-18-14(2,3)4/h6-9H,5,10H2,1-4H3,(H,15,16). The quantitative estimate of drug-likeness (QED) is 0.886. The molecule has 0 aliphatic carbocycles. The number of carbonyl (C=O) groups excluding carboxylic acids is 1. The molecule has 0 atom stereocenters. The number of amides is 1. The van der Waals surface area contributed by atoms with Crippen molar-refractivity contribution in [3.05, 3.63) is 24.3 Å². The highest BCUT2D eigenvalue weighted by Gasteiger charge is 2.13. The van der Waals surface area contributed by atoms with Crippen molar-refractivity contribution in [1.29, 1.82) is 0 Å². The van der Waals surface area contributed by atoms with Crippen LogP contribution in [0.15, 0.2) is 24.3 Å². The van der Waals surface area contributed by atoms with Crippen molar-refractivity contribution < 1.29 is 9.53 Å². The average Bonchev–Trinajstić information content (AvgIpc) is 2.29. The highest BCUT2D eigenvalue weighted by molar-refractivity contribution is 8.01. The minimum Gasteiger partial charge on any atom is -0.494 e. The first-order valence-corrected chi connectivity index (χ1v) is 7.06. The maximum Gasteiger partial charge on any atom is 0.234 e. The Hall–Kier alpha value is -1.16. The molecule has 0 spiro atoms. The molecule has 0 unspecified atom stereocenters. The molecule has 1 aromatic rings. The monoisotopic (exact) mass is 267 g/mol. The van der Waals surface area contributed by atoms with Crippen molar-refractivity contribution in [2.24, 2.45) is 0 Å². The molecule has 3 nitrogen and oxygen atoms in total. The van der Waals surface area contributed by atoms with E-state index in [-0.39, 0.29) is 10.7 Å². The molecule has 0 saturated carbocycles. The van der Waals surface area contributed by atoms with Crippen molar-refractivity contribution in [2.75, 3.05) is 17.7 Å². The Bertz CT molecular complexity index is 382. The van der Waals surface area contributed by atoms with Crippen LogP contribution in [0.3, 0.4) is 0 Å². The summed E-state index contributed by atoms with van der Waals surface area (Å²) in [5.41, 5.74) is 0.804. The van der Waals surface area contributed by atoms with E-state index in [4.69, 9.17) is 4.74 Å². The molecule has 1 aromatic carbocycles. The first-order chi connectivity index (χ1) is 8.40. The van der Waals surface area contributed by atoms with Gasteiger partial charge in [-0.1, -0.05) is 20.8 Å². The van der Waals surface area contributed by atoms with Crippen LogP contribution < -0.4 is 10.1 Å². The fourth-order valence-corrected chi connectivity index (χ4v) is 1.92. The van der Waals surface area contributed by atoms with Gasteiger partial charge in [-0.05, 0) is 31.2 Å². The lowest BCUT2D eigenvalue weighted by molar-refractivity contribution is -0.113. The van der Waals surface area contributed by atoms with Crippen LogP contribution in [0.2, 0.25) is 0 Å². The van der Waals surface area contributed by atoms with E-state index in [1.807, 2.05) is 31.2 Å². The molecule has 0 saturated heterocycles. The Morgan fingerprint density at radius 2 is 1.89 bits per heavy atom. The van der Waals surface area contributed by atoms with Crippen LogP contribution in [0.25, 0.3) is 0 Å². The number of hydrogen-bond acceptors (Lipinski definition) is 3. The van der Waals surface area contributed by atoms with Gasteiger partial charge in [0.1, 0.15) is 5.75 Å². The van der Waals surface area contributed by atoms with Gasteiger partial charge in [0.15, 0.2) is 0 Å². The van der Waals surface area contributed by atoms with Gasteiger partial charge in [0.25, 0.3) is 0 Å². The summed E-state index contributed by atoms with van der Waals surface area (Å²) in [5.74, 6) is 1.31. The van der Waals surface area contributed by atoms with Gasteiger partial charge in [-0.25, -0.2) is 0 Å². The third-order valence-corrected chi connectivity index (χ3v) is 3.36. The summed E-state index contributed by atoms with van der Waals surface area (Å²) in [6, 6.07) is 7.42. The second kappa shape index (κ2) is 6.69. The van der Waals surface area contributed by atoms with E-state index in [1.54, 1.807) is 11.8 Å². The second-order valence-electron chi connectivity index (χ2n) is 4.91. The van der Waals surface area contributed by atoms with Gasteiger partial charge in [0, 0.05) is 10.4 Å². The van der Waals surface area contributed by atoms with Crippen molar-refractivity contribution >= 4 is 23.4 Å². The maximum absolute atomic E-state index is 11.7. The van der Waals surface area contributed by atoms with Gasteiger partial charge in [-0.3, -0.25) is 4.79 Å². The summed E-state index contributed by atoms with van der Waals surface area (Å²) < 4.78 is 5.45. The largest absolute Gasteiger partial charge is 0.494 e. The SMILES string of the molecule is CCOc1ccc(NC(=O)CSC(C)(C)C)cc1. The predicted molar refractivity (Wildman–Crippen MR) is 78.5 cm³/mol. The highest BCUT2D eigenvalue weighted by Crippen LogP contribution is 2.23. The minimum atomic E-state index is 0.0269. The Morgan fingerprint density at radius 1 is 1.28 bits per heavy atom. The first kappa shape index (κ1) is 14.9. The van der Waals surface area contributed by atoms with Gasteiger partial charge < -0.3 is 10.1 Å². The summed E-state index contributed by atoms with van der Waals surface area (Å²) in [5, 5.41) is 2.87. The zero-order chi connectivity index (χ0) is 13.6. The summed E-state index contributed by atoms with van der Waals surface area (Å²) in [7, 11) is 0. The fraction of sp³-hybridized carbons (Fsp3) is 0.500. The van der Waals surface area contributed by atoms with E-state index in [0.717, 1.165) is 11.4 Å². The minimum absolute atomic E-state index is 0.0269. The van der Waals surface area contributed by atoms with E-state index in [1.165, 1.54) is 0 Å². The zero-order valence-corrected chi connectivity index (χ0v) is 12.3. The molecule has 100 valence electrons. The van der Waals surface area contributed by atoms with Crippen LogP contribution in [0, 0.1) is 0 Å². The smallest absolute Gasteiger partial charge is 0.234 e. The Morgan fingerprint density at radius 3 is 2.39 bits per heavy atom. The summed E-state index contributed by atoms with van der Waals surface area (Å²) >= 11 is 1.64. The van der Waals surface area contributed by atoms with Crippen LogP contribution in [0.4, 0.5) is 5.69 Å². The lowest BCUT2D eigenvalue weighted by atomic mass is 10.3. The first-order valence-electron chi connectivity index (χ1n) is 6.07. The zero-order valence-electron chi connectivity index (χ0n) is 11.4. The molecule has 0 heterocycles. The van der Waals surface area contributed by atoms with E-state index in [9.17, 15) is 4.79 Å². The fourth-order valence-electron chi connectivity index (χ4n) is 1.28. The predicted octanol–water partition coefficient (Wildman–Crippen LogP) is 3.56. The molecule has 0 aliphatic rings. The maximum atomic E-state index is 11.7. The van der Waals surface area contributed by atoms with Crippen LogP contribution in [0.1, 0.15) is 27.7 Å². The van der Waals surface area contributed by atoms with E-state index in [0.29, 0.717) is 12.4 Å². The highest BCUT2D eigenvalue weighted by atomic mass is 32.2. The van der Waals surface area contributed by atoms with Crippen LogP contribution in [-0.2, 0) is 4.79 Å². The second-order valence-corrected chi connectivity index (χ2v) is 6.71. The molecule has 1 amide bonds. The van der Waals surface area contributed by atoms with E-state index < -0.39 is 0 Å². The molecule has 0 fully saturated rings. The van der Waals surface area contributed by atoms with Crippen molar-refractivity contribution in [2.45, 2.75) is 32.4 Å². The number of ether oxygens (including phenoxy) is 1. The van der Waals surface area contributed by atoms with Gasteiger partial charge in [-0.15, -0.1) is 11.8 Å². The van der Waals surface area contributed by atoms with Crippen molar-refractivity contribution in [3.63, 3.8) is 0 Å². The van der Waals surface area contributed by atoms with Crippen LogP contribution in [-0.4, -0.2) is 23.0 Å². The van der Waals surface area contributed by atoms with Crippen molar-refractivity contribution in [1.82, 2.24) is 0 Å². The average molecular weight is 267 g/mol. The summed E-state index contributed by atoms with van der Waals surface area (Å²) in [6.07, 6.45) is 0. The molecule has 0 radical (unpaired) electrons. The molecule has 0 aromatic heterocycles. The molecule has 1 rings (SSSR count). The Balaban J connectivity index is 2.44. The summed E-state index contributed by atoms with van der Waals surface area (Å²) in [6.45, 7) is 8.89. The molecule has 0 aliphatic heterocycles. The molecule has 0 bridgehead atoms. The molecule has 4 heteroatoms.